The number of aryl methyl sites for hydroxylation is 3. The van der Waals surface area contributed by atoms with Crippen molar-refractivity contribution < 1.29 is 0 Å². The van der Waals surface area contributed by atoms with Crippen molar-refractivity contribution >= 4 is 22.9 Å². The zero-order chi connectivity index (χ0) is 19.6. The predicted octanol–water partition coefficient (Wildman–Crippen LogP) is 0.652. The average Bonchev–Trinajstić information content (AvgIpc) is 3.01. The van der Waals surface area contributed by atoms with Crippen molar-refractivity contribution in [1.82, 2.24) is 28.7 Å². The number of aromatic nitrogens is 6. The lowest BCUT2D eigenvalue weighted by Crippen LogP contribution is -2.39. The van der Waals surface area contributed by atoms with Gasteiger partial charge in [0.1, 0.15) is 0 Å². The van der Waals surface area contributed by atoms with Crippen molar-refractivity contribution in [3.8, 4) is 0 Å². The van der Waals surface area contributed by atoms with E-state index in [0.29, 0.717) is 35.0 Å². The molecule has 0 aliphatic heterocycles. The number of aromatic amines is 1. The van der Waals surface area contributed by atoms with E-state index in [9.17, 15) is 14.4 Å². The number of nitrogens with zero attached hydrogens (tertiary/aromatic N) is 5. The van der Waals surface area contributed by atoms with Crippen LogP contribution in [0.5, 0.6) is 0 Å². The van der Waals surface area contributed by atoms with Gasteiger partial charge in [-0.25, -0.2) is 14.8 Å². The van der Waals surface area contributed by atoms with Gasteiger partial charge in [0.2, 0.25) is 0 Å². The number of H-pyrrole nitrogens is 1. The molecular weight excluding hydrogens is 368 g/mol. The zero-order valence-electron chi connectivity index (χ0n) is 15.6. The smallest absolute Gasteiger partial charge is 0.328 e. The first-order chi connectivity index (χ1) is 12.9. The van der Waals surface area contributed by atoms with Crippen molar-refractivity contribution in [3.63, 3.8) is 0 Å². The molecule has 0 atom stereocenters. The predicted molar refractivity (Wildman–Crippen MR) is 104 cm³/mol. The standard InChI is InChI=1S/C17H22N6O3S/c1-4-6-11-9-12(24)20-16(19-11)27-8-5-7-23-15(25)13-14(18-10-21(13)2)22(3)17(23)26/h9-10H,4-8H2,1-3H3,(H,19,20,24). The third-order valence-electron chi connectivity index (χ3n) is 4.24. The van der Waals surface area contributed by atoms with Crippen LogP contribution in [0.3, 0.4) is 0 Å². The minimum atomic E-state index is -0.382. The highest BCUT2D eigenvalue weighted by Gasteiger charge is 2.14. The summed E-state index contributed by atoms with van der Waals surface area (Å²) in [5.41, 5.74) is 0.677. The minimum absolute atomic E-state index is 0.164. The van der Waals surface area contributed by atoms with Gasteiger partial charge < -0.3 is 9.55 Å². The third-order valence-corrected chi connectivity index (χ3v) is 5.20. The van der Waals surface area contributed by atoms with Crippen LogP contribution in [-0.2, 0) is 27.1 Å². The Morgan fingerprint density at radius 1 is 1.22 bits per heavy atom. The second-order valence-electron chi connectivity index (χ2n) is 6.32. The minimum Gasteiger partial charge on any atom is -0.328 e. The summed E-state index contributed by atoms with van der Waals surface area (Å²) in [5.74, 6) is 0.623. The highest BCUT2D eigenvalue weighted by atomic mass is 32.2. The molecule has 0 saturated heterocycles. The molecule has 0 aromatic carbocycles. The van der Waals surface area contributed by atoms with Crippen molar-refractivity contribution in [1.29, 1.82) is 0 Å². The molecule has 10 heteroatoms. The molecule has 0 aliphatic rings. The molecule has 3 aromatic rings. The van der Waals surface area contributed by atoms with Gasteiger partial charge in [0.15, 0.2) is 16.3 Å². The van der Waals surface area contributed by atoms with E-state index in [1.54, 1.807) is 18.7 Å². The number of rotatable bonds is 7. The maximum atomic E-state index is 12.6. The van der Waals surface area contributed by atoms with Crippen LogP contribution in [0.1, 0.15) is 25.5 Å². The molecule has 3 aromatic heterocycles. The monoisotopic (exact) mass is 390 g/mol. The summed E-state index contributed by atoms with van der Waals surface area (Å²) in [5, 5.41) is 0.563. The maximum absolute atomic E-state index is 12.6. The number of thioether (sulfide) groups is 1. The van der Waals surface area contributed by atoms with Crippen LogP contribution in [-0.4, -0.2) is 34.4 Å². The number of hydrogen-bond acceptors (Lipinski definition) is 6. The van der Waals surface area contributed by atoms with E-state index in [-0.39, 0.29) is 16.8 Å². The molecule has 0 radical (unpaired) electrons. The molecule has 0 spiro atoms. The fraction of sp³-hybridized carbons (Fsp3) is 0.471. The Balaban J connectivity index is 1.73. The lowest BCUT2D eigenvalue weighted by molar-refractivity contribution is 0.594. The van der Waals surface area contributed by atoms with Crippen LogP contribution >= 0.6 is 11.8 Å². The Morgan fingerprint density at radius 3 is 2.74 bits per heavy atom. The number of nitrogens with one attached hydrogen (secondary N) is 1. The SMILES string of the molecule is CCCc1cc(=O)[nH]c(SCCCn2c(=O)c3c(ncn3C)n(C)c2=O)n1. The van der Waals surface area contributed by atoms with Crippen LogP contribution < -0.4 is 16.8 Å². The molecule has 27 heavy (non-hydrogen) atoms. The number of hydrogen-bond donors (Lipinski definition) is 1. The van der Waals surface area contributed by atoms with E-state index in [4.69, 9.17) is 0 Å². The van der Waals surface area contributed by atoms with Gasteiger partial charge in [-0.3, -0.25) is 18.7 Å². The first-order valence-electron chi connectivity index (χ1n) is 8.76. The molecule has 0 fully saturated rings. The van der Waals surface area contributed by atoms with Crippen LogP contribution in [0.25, 0.3) is 11.2 Å². The fourth-order valence-corrected chi connectivity index (χ4v) is 3.74. The van der Waals surface area contributed by atoms with Crippen molar-refractivity contribution in [2.24, 2.45) is 14.1 Å². The molecule has 3 heterocycles. The average molecular weight is 390 g/mol. The Bertz CT molecular complexity index is 1140. The molecule has 0 unspecified atom stereocenters. The Hall–Kier alpha value is -2.62. The van der Waals surface area contributed by atoms with Gasteiger partial charge in [0, 0.05) is 38.2 Å². The summed E-state index contributed by atoms with van der Waals surface area (Å²) >= 11 is 1.41. The van der Waals surface area contributed by atoms with Gasteiger partial charge in [-0.05, 0) is 12.8 Å². The topological polar surface area (TPSA) is 108 Å². The Kier molecular flexibility index (Phi) is 5.64. The van der Waals surface area contributed by atoms with Gasteiger partial charge in [0.05, 0.1) is 6.33 Å². The van der Waals surface area contributed by atoms with E-state index in [1.807, 2.05) is 6.92 Å². The molecule has 0 aliphatic carbocycles. The van der Waals surface area contributed by atoms with Crippen LogP contribution in [0, 0.1) is 0 Å². The quantitative estimate of drug-likeness (QED) is 0.361. The van der Waals surface area contributed by atoms with Crippen molar-refractivity contribution in [3.05, 3.63) is 49.3 Å². The highest BCUT2D eigenvalue weighted by molar-refractivity contribution is 7.99. The first-order valence-corrected chi connectivity index (χ1v) is 9.74. The second kappa shape index (κ2) is 7.95. The van der Waals surface area contributed by atoms with Gasteiger partial charge in [0.25, 0.3) is 11.1 Å². The first kappa shape index (κ1) is 19.2. The van der Waals surface area contributed by atoms with E-state index in [2.05, 4.69) is 15.0 Å². The largest absolute Gasteiger partial charge is 0.332 e. The summed E-state index contributed by atoms with van der Waals surface area (Å²) in [7, 11) is 3.34. The third kappa shape index (κ3) is 3.90. The summed E-state index contributed by atoms with van der Waals surface area (Å²) in [6, 6.07) is 1.51. The van der Waals surface area contributed by atoms with E-state index >= 15 is 0 Å². The zero-order valence-corrected chi connectivity index (χ0v) is 16.4. The molecule has 9 nitrogen and oxygen atoms in total. The maximum Gasteiger partial charge on any atom is 0.332 e. The highest BCUT2D eigenvalue weighted by Crippen LogP contribution is 2.13. The molecule has 1 N–H and O–H groups in total. The van der Waals surface area contributed by atoms with Gasteiger partial charge in [-0.1, -0.05) is 25.1 Å². The Morgan fingerprint density at radius 2 is 2.00 bits per heavy atom. The lowest BCUT2D eigenvalue weighted by Gasteiger charge is -2.08. The van der Waals surface area contributed by atoms with E-state index < -0.39 is 0 Å². The molecule has 0 amide bonds. The molecule has 0 bridgehead atoms. The van der Waals surface area contributed by atoms with E-state index in [1.165, 1.54) is 33.3 Å². The summed E-state index contributed by atoms with van der Waals surface area (Å²) in [6.45, 7) is 2.32. The fourth-order valence-electron chi connectivity index (χ4n) is 2.92. The van der Waals surface area contributed by atoms with Gasteiger partial charge in [-0.2, -0.15) is 0 Å². The van der Waals surface area contributed by atoms with Crippen molar-refractivity contribution in [2.45, 2.75) is 37.9 Å². The molecular formula is C17H22N6O3S. The number of imidazole rings is 1. The van der Waals surface area contributed by atoms with Crippen LogP contribution in [0.2, 0.25) is 0 Å². The van der Waals surface area contributed by atoms with Crippen LogP contribution in [0.15, 0.2) is 31.9 Å². The molecule has 144 valence electrons. The summed E-state index contributed by atoms with van der Waals surface area (Å²) in [6.07, 6.45) is 3.79. The van der Waals surface area contributed by atoms with Gasteiger partial charge in [-0.15, -0.1) is 0 Å². The molecule has 0 saturated carbocycles. The van der Waals surface area contributed by atoms with Gasteiger partial charge >= 0.3 is 5.69 Å². The normalized spacial score (nSPS) is 11.4. The number of fused-ring (bicyclic) bond motifs is 1. The summed E-state index contributed by atoms with van der Waals surface area (Å²) in [4.78, 5) is 48.0. The Labute approximate surface area is 159 Å². The summed E-state index contributed by atoms with van der Waals surface area (Å²) < 4.78 is 4.24. The second-order valence-corrected chi connectivity index (χ2v) is 7.40. The van der Waals surface area contributed by atoms with Crippen molar-refractivity contribution in [2.75, 3.05) is 5.75 Å². The van der Waals surface area contributed by atoms with Crippen LogP contribution in [0.4, 0.5) is 0 Å². The molecule has 3 rings (SSSR count). The lowest BCUT2D eigenvalue weighted by atomic mass is 10.2. The van der Waals surface area contributed by atoms with E-state index in [0.717, 1.165) is 18.5 Å².